The topological polar surface area (TPSA) is 17.1 Å². The van der Waals surface area contributed by atoms with Crippen LogP contribution in [0.3, 0.4) is 0 Å². The van der Waals surface area contributed by atoms with Gasteiger partial charge in [0.1, 0.15) is 0 Å². The molecule has 0 saturated heterocycles. The van der Waals surface area contributed by atoms with Gasteiger partial charge in [-0.1, -0.05) is 29.8 Å². The summed E-state index contributed by atoms with van der Waals surface area (Å²) in [5.41, 5.74) is 0.149. The maximum absolute atomic E-state index is 12.7. The van der Waals surface area contributed by atoms with Gasteiger partial charge in [0.2, 0.25) is 0 Å². The maximum Gasteiger partial charge on any atom is 0.375 e. The van der Waals surface area contributed by atoms with E-state index in [0.717, 1.165) is 17.7 Å². The van der Waals surface area contributed by atoms with E-state index in [-0.39, 0.29) is 0 Å². The van der Waals surface area contributed by atoms with E-state index >= 15 is 0 Å². The number of halogens is 3. The SMILES string of the molecule is Cc1ccc(C(F)(F)C(=O)F)cc1. The first-order chi connectivity index (χ1) is 5.94. The average Bonchev–Trinajstić information content (AvgIpc) is 2.04. The Labute approximate surface area is 73.2 Å². The molecule has 0 unspecified atom stereocenters. The minimum Gasteiger partial charge on any atom is -0.254 e. The van der Waals surface area contributed by atoms with Crippen molar-refractivity contribution in [1.82, 2.24) is 0 Å². The molecule has 1 aromatic rings. The molecule has 0 aliphatic rings. The fourth-order valence-electron chi connectivity index (χ4n) is 0.876. The second kappa shape index (κ2) is 3.20. The van der Waals surface area contributed by atoms with E-state index in [1.807, 2.05) is 0 Å². The lowest BCUT2D eigenvalue weighted by atomic mass is 10.1. The second-order valence-corrected chi connectivity index (χ2v) is 2.71. The van der Waals surface area contributed by atoms with Gasteiger partial charge in [-0.25, -0.2) is 0 Å². The van der Waals surface area contributed by atoms with Crippen molar-refractivity contribution in [3.05, 3.63) is 35.4 Å². The van der Waals surface area contributed by atoms with Gasteiger partial charge in [-0.05, 0) is 6.92 Å². The van der Waals surface area contributed by atoms with Crippen LogP contribution in [0.15, 0.2) is 24.3 Å². The van der Waals surface area contributed by atoms with E-state index in [2.05, 4.69) is 0 Å². The predicted molar refractivity (Wildman–Crippen MR) is 41.2 cm³/mol. The number of aryl methyl sites for hydroxylation is 1. The summed E-state index contributed by atoms with van der Waals surface area (Å²) in [6.07, 6.45) is 0. The van der Waals surface area contributed by atoms with E-state index in [1.165, 1.54) is 12.1 Å². The van der Waals surface area contributed by atoms with Crippen LogP contribution in [-0.2, 0) is 10.7 Å². The van der Waals surface area contributed by atoms with Crippen molar-refractivity contribution in [2.75, 3.05) is 0 Å². The molecule has 13 heavy (non-hydrogen) atoms. The van der Waals surface area contributed by atoms with Crippen LogP contribution < -0.4 is 0 Å². The van der Waals surface area contributed by atoms with Crippen LogP contribution in [0, 0.1) is 6.92 Å². The molecule has 0 aromatic heterocycles. The van der Waals surface area contributed by atoms with E-state index in [0.29, 0.717) is 0 Å². The molecule has 0 N–H and O–H groups in total. The molecular formula is C9H7F3O. The minimum absolute atomic E-state index is 0.620. The first-order valence-corrected chi connectivity index (χ1v) is 3.59. The Morgan fingerprint density at radius 2 is 1.69 bits per heavy atom. The molecule has 0 fully saturated rings. The highest BCUT2D eigenvalue weighted by atomic mass is 19.3. The summed E-state index contributed by atoms with van der Waals surface area (Å²) in [6.45, 7) is 1.71. The highest BCUT2D eigenvalue weighted by Gasteiger charge is 2.41. The van der Waals surface area contributed by atoms with Crippen LogP contribution >= 0.6 is 0 Å². The molecule has 1 nitrogen and oxygen atoms in total. The lowest BCUT2D eigenvalue weighted by molar-refractivity contribution is -0.157. The summed E-state index contributed by atoms with van der Waals surface area (Å²) in [4.78, 5) is 9.93. The minimum atomic E-state index is -4.02. The molecule has 0 amide bonds. The highest BCUT2D eigenvalue weighted by Crippen LogP contribution is 2.29. The third-order valence-corrected chi connectivity index (χ3v) is 1.66. The number of alkyl halides is 2. The average molecular weight is 188 g/mol. The van der Waals surface area contributed by atoms with Crippen molar-refractivity contribution in [1.29, 1.82) is 0 Å². The molecule has 0 radical (unpaired) electrons. The zero-order valence-corrected chi connectivity index (χ0v) is 6.85. The number of hydrogen-bond donors (Lipinski definition) is 0. The fraction of sp³-hybridized carbons (Fsp3) is 0.222. The quantitative estimate of drug-likeness (QED) is 0.652. The van der Waals surface area contributed by atoms with Gasteiger partial charge < -0.3 is 0 Å². The molecule has 0 saturated carbocycles. The number of carbonyl (C=O) groups excluding carboxylic acids is 1. The molecule has 70 valence electrons. The maximum atomic E-state index is 12.7. The summed E-state index contributed by atoms with van der Waals surface area (Å²) in [5, 5.41) is 0. The zero-order chi connectivity index (χ0) is 10.1. The molecule has 0 atom stereocenters. The van der Waals surface area contributed by atoms with Crippen LogP contribution in [0.5, 0.6) is 0 Å². The van der Waals surface area contributed by atoms with E-state index in [4.69, 9.17) is 0 Å². The van der Waals surface area contributed by atoms with Gasteiger partial charge in [0.25, 0.3) is 0 Å². The highest BCUT2D eigenvalue weighted by molar-refractivity contribution is 5.78. The van der Waals surface area contributed by atoms with Crippen molar-refractivity contribution >= 4 is 6.04 Å². The predicted octanol–water partition coefficient (Wildman–Crippen LogP) is 2.58. The Balaban J connectivity index is 3.08. The molecule has 0 spiro atoms. The summed E-state index contributed by atoms with van der Waals surface area (Å²) in [5.74, 6) is -4.02. The third-order valence-electron chi connectivity index (χ3n) is 1.66. The Hall–Kier alpha value is -1.32. The first kappa shape index (κ1) is 9.77. The van der Waals surface area contributed by atoms with Crippen molar-refractivity contribution in [3.63, 3.8) is 0 Å². The van der Waals surface area contributed by atoms with Crippen LogP contribution in [0.2, 0.25) is 0 Å². The summed E-state index contributed by atoms with van der Waals surface area (Å²) < 4.78 is 37.2. The van der Waals surface area contributed by atoms with Crippen LogP contribution in [0.25, 0.3) is 0 Å². The van der Waals surface area contributed by atoms with Crippen molar-refractivity contribution < 1.29 is 18.0 Å². The molecule has 0 aliphatic carbocycles. The largest absolute Gasteiger partial charge is 0.375 e. The number of carbonyl (C=O) groups is 1. The monoisotopic (exact) mass is 188 g/mol. The number of benzene rings is 1. The van der Waals surface area contributed by atoms with Gasteiger partial charge in [0, 0.05) is 5.56 Å². The van der Waals surface area contributed by atoms with Crippen LogP contribution in [0.1, 0.15) is 11.1 Å². The number of rotatable bonds is 2. The number of hydrogen-bond acceptors (Lipinski definition) is 1. The van der Waals surface area contributed by atoms with Crippen LogP contribution in [-0.4, -0.2) is 6.04 Å². The second-order valence-electron chi connectivity index (χ2n) is 2.71. The van der Waals surface area contributed by atoms with E-state index < -0.39 is 17.5 Å². The van der Waals surface area contributed by atoms with Gasteiger partial charge in [-0.15, -0.1) is 0 Å². The Bertz CT molecular complexity index is 316. The zero-order valence-electron chi connectivity index (χ0n) is 6.85. The van der Waals surface area contributed by atoms with Crippen molar-refractivity contribution in [2.45, 2.75) is 12.8 Å². The van der Waals surface area contributed by atoms with Gasteiger partial charge in [0.05, 0.1) is 0 Å². The van der Waals surface area contributed by atoms with Gasteiger partial charge in [-0.3, -0.25) is 4.79 Å². The summed E-state index contributed by atoms with van der Waals surface area (Å²) in [7, 11) is 0. The van der Waals surface area contributed by atoms with E-state index in [9.17, 15) is 18.0 Å². The van der Waals surface area contributed by atoms with Gasteiger partial charge in [0.15, 0.2) is 0 Å². The summed E-state index contributed by atoms with van der Waals surface area (Å²) in [6, 6.07) is 2.23. The molecule has 1 aromatic carbocycles. The molecule has 4 heteroatoms. The standard InChI is InChI=1S/C9H7F3O/c1-6-2-4-7(5-3-6)9(11,12)8(10)13/h2-5H,1H3. The first-order valence-electron chi connectivity index (χ1n) is 3.59. The smallest absolute Gasteiger partial charge is 0.254 e. The molecule has 1 rings (SSSR count). The fourth-order valence-corrected chi connectivity index (χ4v) is 0.876. The Kier molecular flexibility index (Phi) is 2.40. The third kappa shape index (κ3) is 1.88. The van der Waals surface area contributed by atoms with Gasteiger partial charge in [-0.2, -0.15) is 13.2 Å². The van der Waals surface area contributed by atoms with Gasteiger partial charge >= 0.3 is 12.0 Å². The molecule has 0 bridgehead atoms. The lowest BCUT2D eigenvalue weighted by Crippen LogP contribution is -2.21. The molecule has 0 aliphatic heterocycles. The summed E-state index contributed by atoms with van der Waals surface area (Å²) >= 11 is 0. The lowest BCUT2D eigenvalue weighted by Gasteiger charge is -2.09. The van der Waals surface area contributed by atoms with Crippen molar-refractivity contribution in [2.24, 2.45) is 0 Å². The molecular weight excluding hydrogens is 181 g/mol. The Morgan fingerprint density at radius 3 is 2.08 bits per heavy atom. The van der Waals surface area contributed by atoms with Crippen LogP contribution in [0.4, 0.5) is 13.2 Å². The van der Waals surface area contributed by atoms with E-state index in [1.54, 1.807) is 6.92 Å². The Morgan fingerprint density at radius 1 is 1.23 bits per heavy atom. The normalized spacial score (nSPS) is 11.4. The van der Waals surface area contributed by atoms with Crippen molar-refractivity contribution in [3.8, 4) is 0 Å². The molecule has 0 heterocycles.